The molecule has 1 atom stereocenters. The summed E-state index contributed by atoms with van der Waals surface area (Å²) in [6.45, 7) is 8.53. The summed E-state index contributed by atoms with van der Waals surface area (Å²) >= 11 is 0. The SMILES string of the molecule is CCCNc1nc(CC)nc(OCC2CCCO2)c1C. The zero-order valence-electron chi connectivity index (χ0n) is 12.7. The number of hydrogen-bond acceptors (Lipinski definition) is 5. The van der Waals surface area contributed by atoms with E-state index in [0.717, 1.165) is 56.0 Å². The van der Waals surface area contributed by atoms with E-state index in [1.165, 1.54) is 0 Å². The third kappa shape index (κ3) is 3.82. The summed E-state index contributed by atoms with van der Waals surface area (Å²) in [6, 6.07) is 0. The van der Waals surface area contributed by atoms with E-state index >= 15 is 0 Å². The monoisotopic (exact) mass is 279 g/mol. The van der Waals surface area contributed by atoms with Gasteiger partial charge in [0.2, 0.25) is 5.88 Å². The molecule has 5 heteroatoms. The molecule has 0 aromatic carbocycles. The van der Waals surface area contributed by atoms with Crippen LogP contribution in [0, 0.1) is 6.92 Å². The van der Waals surface area contributed by atoms with Gasteiger partial charge in [-0.25, -0.2) is 4.98 Å². The topological polar surface area (TPSA) is 56.3 Å². The molecular weight excluding hydrogens is 254 g/mol. The Balaban J connectivity index is 2.08. The zero-order valence-corrected chi connectivity index (χ0v) is 12.7. The Morgan fingerprint density at radius 3 is 2.85 bits per heavy atom. The molecule has 1 saturated heterocycles. The number of ether oxygens (including phenoxy) is 2. The molecular formula is C15H25N3O2. The lowest BCUT2D eigenvalue weighted by Gasteiger charge is -2.15. The van der Waals surface area contributed by atoms with Crippen molar-refractivity contribution in [2.24, 2.45) is 0 Å². The van der Waals surface area contributed by atoms with Crippen molar-refractivity contribution in [1.82, 2.24) is 9.97 Å². The van der Waals surface area contributed by atoms with E-state index < -0.39 is 0 Å². The largest absolute Gasteiger partial charge is 0.475 e. The van der Waals surface area contributed by atoms with Crippen LogP contribution in [0.3, 0.4) is 0 Å². The molecule has 1 fully saturated rings. The average molecular weight is 279 g/mol. The molecule has 0 radical (unpaired) electrons. The van der Waals surface area contributed by atoms with E-state index in [0.29, 0.717) is 12.5 Å². The summed E-state index contributed by atoms with van der Waals surface area (Å²) in [5.41, 5.74) is 0.980. The smallest absolute Gasteiger partial charge is 0.221 e. The molecule has 20 heavy (non-hydrogen) atoms. The second kappa shape index (κ2) is 7.43. The van der Waals surface area contributed by atoms with Crippen molar-refractivity contribution < 1.29 is 9.47 Å². The van der Waals surface area contributed by atoms with Gasteiger partial charge in [0.15, 0.2) is 0 Å². The minimum absolute atomic E-state index is 0.210. The fraction of sp³-hybridized carbons (Fsp3) is 0.733. The first-order valence-corrected chi connectivity index (χ1v) is 7.60. The van der Waals surface area contributed by atoms with Gasteiger partial charge in [-0.2, -0.15) is 4.98 Å². The van der Waals surface area contributed by atoms with E-state index in [1.54, 1.807) is 0 Å². The summed E-state index contributed by atoms with van der Waals surface area (Å²) in [7, 11) is 0. The van der Waals surface area contributed by atoms with Gasteiger partial charge in [-0.15, -0.1) is 0 Å². The predicted octanol–water partition coefficient (Wildman–Crippen LogP) is 2.73. The van der Waals surface area contributed by atoms with Crippen LogP contribution in [0.4, 0.5) is 5.82 Å². The Morgan fingerprint density at radius 1 is 1.35 bits per heavy atom. The van der Waals surface area contributed by atoms with E-state index in [-0.39, 0.29) is 6.10 Å². The highest BCUT2D eigenvalue weighted by molar-refractivity contribution is 5.48. The van der Waals surface area contributed by atoms with Crippen LogP contribution < -0.4 is 10.1 Å². The summed E-state index contributed by atoms with van der Waals surface area (Å²) in [5.74, 6) is 2.39. The molecule has 2 rings (SSSR count). The number of aromatic nitrogens is 2. The van der Waals surface area contributed by atoms with Crippen LogP contribution >= 0.6 is 0 Å². The molecule has 2 heterocycles. The molecule has 5 nitrogen and oxygen atoms in total. The normalized spacial score (nSPS) is 18.2. The molecule has 0 spiro atoms. The van der Waals surface area contributed by atoms with Gasteiger partial charge in [0.1, 0.15) is 18.2 Å². The second-order valence-electron chi connectivity index (χ2n) is 5.14. The van der Waals surface area contributed by atoms with E-state index in [9.17, 15) is 0 Å². The molecule has 1 aliphatic heterocycles. The fourth-order valence-corrected chi connectivity index (χ4v) is 2.20. The summed E-state index contributed by atoms with van der Waals surface area (Å²) in [4.78, 5) is 9.03. The van der Waals surface area contributed by atoms with Gasteiger partial charge >= 0.3 is 0 Å². The molecule has 1 aliphatic rings. The van der Waals surface area contributed by atoms with Crippen LogP contribution in [-0.4, -0.2) is 35.8 Å². The lowest BCUT2D eigenvalue weighted by atomic mass is 10.2. The highest BCUT2D eigenvalue weighted by Gasteiger charge is 2.18. The Kier molecular flexibility index (Phi) is 5.59. The first-order chi connectivity index (χ1) is 9.74. The number of nitrogens with one attached hydrogen (secondary N) is 1. The first-order valence-electron chi connectivity index (χ1n) is 7.60. The summed E-state index contributed by atoms with van der Waals surface area (Å²) < 4.78 is 11.4. The third-order valence-electron chi connectivity index (χ3n) is 3.44. The molecule has 112 valence electrons. The van der Waals surface area contributed by atoms with Gasteiger partial charge in [0.25, 0.3) is 0 Å². The van der Waals surface area contributed by atoms with E-state index in [4.69, 9.17) is 9.47 Å². The number of anilines is 1. The van der Waals surface area contributed by atoms with Gasteiger partial charge in [-0.3, -0.25) is 0 Å². The minimum atomic E-state index is 0.210. The van der Waals surface area contributed by atoms with Crippen LogP contribution in [0.1, 0.15) is 44.5 Å². The van der Waals surface area contributed by atoms with Crippen molar-refractivity contribution >= 4 is 5.82 Å². The van der Waals surface area contributed by atoms with Crippen LogP contribution in [-0.2, 0) is 11.2 Å². The maximum absolute atomic E-state index is 5.87. The summed E-state index contributed by atoms with van der Waals surface area (Å²) in [6.07, 6.45) is 4.28. The van der Waals surface area contributed by atoms with Gasteiger partial charge in [-0.1, -0.05) is 13.8 Å². The molecule has 1 aromatic heterocycles. The summed E-state index contributed by atoms with van der Waals surface area (Å²) in [5, 5.41) is 3.34. The molecule has 0 bridgehead atoms. The van der Waals surface area contributed by atoms with Crippen molar-refractivity contribution in [3.05, 3.63) is 11.4 Å². The van der Waals surface area contributed by atoms with Crippen LogP contribution in [0.25, 0.3) is 0 Å². The highest BCUT2D eigenvalue weighted by Crippen LogP contribution is 2.23. The molecule has 0 aliphatic carbocycles. The second-order valence-corrected chi connectivity index (χ2v) is 5.14. The first kappa shape index (κ1) is 15.0. The van der Waals surface area contributed by atoms with Crippen LogP contribution in [0.5, 0.6) is 5.88 Å². The van der Waals surface area contributed by atoms with Gasteiger partial charge in [-0.05, 0) is 26.2 Å². The molecule has 0 saturated carbocycles. The van der Waals surface area contributed by atoms with E-state index in [1.807, 2.05) is 6.92 Å². The Bertz CT molecular complexity index is 431. The maximum atomic E-state index is 5.87. The van der Waals surface area contributed by atoms with Crippen molar-refractivity contribution in [2.75, 3.05) is 25.1 Å². The average Bonchev–Trinajstić information content (AvgIpc) is 2.98. The van der Waals surface area contributed by atoms with Gasteiger partial charge in [0.05, 0.1) is 11.7 Å². The Labute approximate surface area is 121 Å². The number of rotatable bonds is 7. The quantitative estimate of drug-likeness (QED) is 0.831. The standard InChI is InChI=1S/C15H25N3O2/c1-4-8-16-14-11(3)15(18-13(5-2)17-14)20-10-12-7-6-9-19-12/h12H,4-10H2,1-3H3,(H,16,17,18). The molecule has 0 amide bonds. The lowest BCUT2D eigenvalue weighted by Crippen LogP contribution is -2.18. The van der Waals surface area contributed by atoms with Gasteiger partial charge in [0, 0.05) is 19.6 Å². The zero-order chi connectivity index (χ0) is 14.4. The number of hydrogen-bond donors (Lipinski definition) is 1. The molecule has 1 N–H and O–H groups in total. The van der Waals surface area contributed by atoms with Crippen molar-refractivity contribution in [3.63, 3.8) is 0 Å². The van der Waals surface area contributed by atoms with Crippen LogP contribution in [0.2, 0.25) is 0 Å². The van der Waals surface area contributed by atoms with E-state index in [2.05, 4.69) is 29.1 Å². The van der Waals surface area contributed by atoms with Crippen molar-refractivity contribution in [2.45, 2.75) is 52.6 Å². The van der Waals surface area contributed by atoms with Crippen molar-refractivity contribution in [3.8, 4) is 5.88 Å². The minimum Gasteiger partial charge on any atom is -0.475 e. The molecule has 1 unspecified atom stereocenters. The van der Waals surface area contributed by atoms with Gasteiger partial charge < -0.3 is 14.8 Å². The fourth-order valence-electron chi connectivity index (χ4n) is 2.20. The number of aryl methyl sites for hydroxylation is 1. The Hall–Kier alpha value is -1.36. The predicted molar refractivity (Wildman–Crippen MR) is 79.4 cm³/mol. The Morgan fingerprint density at radius 2 is 2.20 bits per heavy atom. The van der Waals surface area contributed by atoms with Crippen LogP contribution in [0.15, 0.2) is 0 Å². The van der Waals surface area contributed by atoms with Crippen molar-refractivity contribution in [1.29, 1.82) is 0 Å². The molecule has 1 aromatic rings. The lowest BCUT2D eigenvalue weighted by molar-refractivity contribution is 0.0659. The number of nitrogens with zero attached hydrogens (tertiary/aromatic N) is 2. The highest BCUT2D eigenvalue weighted by atomic mass is 16.5. The third-order valence-corrected chi connectivity index (χ3v) is 3.44. The maximum Gasteiger partial charge on any atom is 0.221 e.